The maximum atomic E-state index is 13.2. The summed E-state index contributed by atoms with van der Waals surface area (Å²) in [6.07, 6.45) is 0. The van der Waals surface area contributed by atoms with Crippen LogP contribution in [0.25, 0.3) is 0 Å². The van der Waals surface area contributed by atoms with Crippen molar-refractivity contribution in [2.75, 3.05) is 17.5 Å². The first-order valence-corrected chi connectivity index (χ1v) is 11.1. The molecule has 0 bridgehead atoms. The number of rotatable bonds is 9. The first-order valence-electron chi connectivity index (χ1n) is 9.26. The van der Waals surface area contributed by atoms with Crippen molar-refractivity contribution in [2.45, 2.75) is 11.5 Å². The molecule has 0 heterocycles. The summed E-state index contributed by atoms with van der Waals surface area (Å²) in [5.74, 6) is -0.780. The van der Waals surface area contributed by atoms with Crippen molar-refractivity contribution >= 4 is 33.3 Å². The Hall–Kier alpha value is -3.07. The topological polar surface area (TPSA) is 104 Å². The van der Waals surface area contributed by atoms with Crippen LogP contribution in [0.2, 0.25) is 5.02 Å². The van der Waals surface area contributed by atoms with Crippen LogP contribution in [-0.4, -0.2) is 37.8 Å². The summed E-state index contributed by atoms with van der Waals surface area (Å²) in [4.78, 5) is 11.1. The standard InChI is InChI=1S/C22H20ClNO6S/c23-18-10-11-21(30-15-16-6-8-17(9-7-16)22(26)27)20(14-18)24(12-13-25)31(28,29)19-4-2-1-3-5-19/h1-11,14,25H,12-13,15H2,(H,26,27). The lowest BCUT2D eigenvalue weighted by atomic mass is 10.1. The average Bonchev–Trinajstić information content (AvgIpc) is 2.77. The van der Waals surface area contributed by atoms with Crippen molar-refractivity contribution in [3.63, 3.8) is 0 Å². The zero-order valence-corrected chi connectivity index (χ0v) is 17.9. The molecule has 0 aliphatic rings. The summed E-state index contributed by atoms with van der Waals surface area (Å²) in [5, 5.41) is 18.8. The minimum absolute atomic E-state index is 0.0682. The van der Waals surface area contributed by atoms with E-state index in [-0.39, 0.29) is 35.0 Å². The highest BCUT2D eigenvalue weighted by Gasteiger charge is 2.27. The van der Waals surface area contributed by atoms with Crippen LogP contribution in [-0.2, 0) is 16.6 Å². The van der Waals surface area contributed by atoms with E-state index < -0.39 is 22.6 Å². The summed E-state index contributed by atoms with van der Waals surface area (Å²) < 4.78 is 33.3. The third kappa shape index (κ3) is 5.35. The Morgan fingerprint density at radius 3 is 2.29 bits per heavy atom. The molecule has 0 unspecified atom stereocenters. The molecule has 0 saturated carbocycles. The molecule has 0 amide bonds. The SMILES string of the molecule is O=C(O)c1ccc(COc2ccc(Cl)cc2N(CCO)S(=O)(=O)c2ccccc2)cc1. The molecule has 0 fully saturated rings. The number of aliphatic hydroxyl groups is 1. The number of halogens is 1. The molecule has 2 N–H and O–H groups in total. The number of ether oxygens (including phenoxy) is 1. The van der Waals surface area contributed by atoms with Gasteiger partial charge in [-0.05, 0) is 48.0 Å². The van der Waals surface area contributed by atoms with Crippen LogP contribution in [0.15, 0.2) is 77.7 Å². The first kappa shape index (κ1) is 22.6. The van der Waals surface area contributed by atoms with Gasteiger partial charge in [0.15, 0.2) is 0 Å². The molecular formula is C22H20ClNO6S. The number of hydrogen-bond donors (Lipinski definition) is 2. The normalized spacial score (nSPS) is 11.2. The minimum Gasteiger partial charge on any atom is -0.487 e. The van der Waals surface area contributed by atoms with Gasteiger partial charge in [-0.2, -0.15) is 0 Å². The number of carboxylic acids is 1. The predicted molar refractivity (Wildman–Crippen MR) is 117 cm³/mol. The number of carboxylic acid groups (broad SMARTS) is 1. The Kier molecular flexibility index (Phi) is 7.17. The maximum absolute atomic E-state index is 13.2. The van der Waals surface area contributed by atoms with Gasteiger partial charge < -0.3 is 14.9 Å². The molecule has 0 aliphatic carbocycles. The van der Waals surface area contributed by atoms with Crippen LogP contribution in [0, 0.1) is 0 Å². The number of benzene rings is 3. The zero-order valence-electron chi connectivity index (χ0n) is 16.3. The van der Waals surface area contributed by atoms with Gasteiger partial charge in [0, 0.05) is 5.02 Å². The average molecular weight is 462 g/mol. The Labute approximate surface area is 185 Å². The molecule has 7 nitrogen and oxygen atoms in total. The van der Waals surface area contributed by atoms with Crippen molar-refractivity contribution in [3.05, 3.63) is 88.9 Å². The maximum Gasteiger partial charge on any atom is 0.335 e. The van der Waals surface area contributed by atoms with Crippen LogP contribution >= 0.6 is 11.6 Å². The molecule has 0 saturated heterocycles. The second kappa shape index (κ2) is 9.82. The molecule has 9 heteroatoms. The number of nitrogens with zero attached hydrogens (tertiary/aromatic N) is 1. The second-order valence-corrected chi connectivity index (χ2v) is 8.82. The first-order chi connectivity index (χ1) is 14.8. The fourth-order valence-electron chi connectivity index (χ4n) is 2.89. The molecule has 0 aliphatic heterocycles. The molecule has 162 valence electrons. The molecule has 0 aromatic heterocycles. The molecule has 3 rings (SSSR count). The van der Waals surface area contributed by atoms with E-state index in [0.29, 0.717) is 10.6 Å². The van der Waals surface area contributed by atoms with Gasteiger partial charge in [0.25, 0.3) is 10.0 Å². The lowest BCUT2D eigenvalue weighted by Crippen LogP contribution is -2.34. The van der Waals surface area contributed by atoms with Crippen molar-refractivity contribution in [2.24, 2.45) is 0 Å². The Balaban J connectivity index is 1.94. The quantitative estimate of drug-likeness (QED) is 0.502. The summed E-state index contributed by atoms with van der Waals surface area (Å²) >= 11 is 6.13. The van der Waals surface area contributed by atoms with Crippen molar-refractivity contribution in [3.8, 4) is 5.75 Å². The van der Waals surface area contributed by atoms with E-state index >= 15 is 0 Å². The number of hydrogen-bond acceptors (Lipinski definition) is 5. The molecule has 3 aromatic rings. The predicted octanol–water partition coefficient (Wildman–Crippen LogP) is 3.80. The van der Waals surface area contributed by atoms with Gasteiger partial charge in [-0.3, -0.25) is 4.31 Å². The van der Waals surface area contributed by atoms with Crippen LogP contribution < -0.4 is 9.04 Å². The summed E-state index contributed by atoms with van der Waals surface area (Å²) in [6, 6.07) is 18.6. The highest BCUT2D eigenvalue weighted by molar-refractivity contribution is 7.92. The Bertz CT molecular complexity index is 1150. The Morgan fingerprint density at radius 2 is 1.68 bits per heavy atom. The van der Waals surface area contributed by atoms with Gasteiger partial charge in [0.1, 0.15) is 12.4 Å². The van der Waals surface area contributed by atoms with Crippen LogP contribution in [0.5, 0.6) is 5.75 Å². The summed E-state index contributed by atoms with van der Waals surface area (Å²) in [6.45, 7) is -0.525. The van der Waals surface area contributed by atoms with Crippen LogP contribution in [0.1, 0.15) is 15.9 Å². The number of aliphatic hydroxyl groups excluding tert-OH is 1. The molecule has 0 atom stereocenters. The highest BCUT2D eigenvalue weighted by Crippen LogP contribution is 2.35. The molecule has 0 spiro atoms. The summed E-state index contributed by atoms with van der Waals surface area (Å²) in [7, 11) is -3.98. The van der Waals surface area contributed by atoms with Crippen molar-refractivity contribution < 1.29 is 28.2 Å². The largest absolute Gasteiger partial charge is 0.487 e. The van der Waals surface area contributed by atoms with Crippen molar-refractivity contribution in [1.29, 1.82) is 0 Å². The lowest BCUT2D eigenvalue weighted by molar-refractivity contribution is 0.0697. The monoisotopic (exact) mass is 461 g/mol. The lowest BCUT2D eigenvalue weighted by Gasteiger charge is -2.26. The number of anilines is 1. The smallest absolute Gasteiger partial charge is 0.335 e. The molecular weight excluding hydrogens is 442 g/mol. The Morgan fingerprint density at radius 1 is 1.00 bits per heavy atom. The zero-order chi connectivity index (χ0) is 22.4. The number of aromatic carboxylic acids is 1. The van der Waals surface area contributed by atoms with Gasteiger partial charge >= 0.3 is 5.97 Å². The van der Waals surface area contributed by atoms with E-state index in [4.69, 9.17) is 21.4 Å². The van der Waals surface area contributed by atoms with Crippen LogP contribution in [0.4, 0.5) is 5.69 Å². The van der Waals surface area contributed by atoms with Gasteiger partial charge in [-0.1, -0.05) is 41.9 Å². The van der Waals surface area contributed by atoms with E-state index in [2.05, 4.69) is 0 Å². The highest BCUT2D eigenvalue weighted by atomic mass is 35.5. The van der Waals surface area contributed by atoms with Gasteiger partial charge in [0.05, 0.1) is 29.3 Å². The number of sulfonamides is 1. The van der Waals surface area contributed by atoms with E-state index in [9.17, 15) is 18.3 Å². The third-order valence-electron chi connectivity index (χ3n) is 4.42. The van der Waals surface area contributed by atoms with E-state index in [1.165, 1.54) is 30.3 Å². The fraction of sp³-hybridized carbons (Fsp3) is 0.136. The third-order valence-corrected chi connectivity index (χ3v) is 6.48. The van der Waals surface area contributed by atoms with Gasteiger partial charge in [-0.25, -0.2) is 13.2 Å². The molecule has 3 aromatic carbocycles. The fourth-order valence-corrected chi connectivity index (χ4v) is 4.54. The van der Waals surface area contributed by atoms with Gasteiger partial charge in [0.2, 0.25) is 0 Å². The van der Waals surface area contributed by atoms with E-state index in [1.807, 2.05) is 0 Å². The second-order valence-electron chi connectivity index (χ2n) is 6.52. The van der Waals surface area contributed by atoms with Gasteiger partial charge in [-0.15, -0.1) is 0 Å². The van der Waals surface area contributed by atoms with E-state index in [1.54, 1.807) is 42.5 Å². The van der Waals surface area contributed by atoms with E-state index in [0.717, 1.165) is 4.31 Å². The summed E-state index contributed by atoms with van der Waals surface area (Å²) in [5.41, 5.74) is 1.04. The molecule has 31 heavy (non-hydrogen) atoms. The molecule has 0 radical (unpaired) electrons. The number of carbonyl (C=O) groups is 1. The minimum atomic E-state index is -3.98. The van der Waals surface area contributed by atoms with Crippen molar-refractivity contribution in [1.82, 2.24) is 0 Å². The van der Waals surface area contributed by atoms with Crippen LogP contribution in [0.3, 0.4) is 0 Å².